The summed E-state index contributed by atoms with van der Waals surface area (Å²) < 4.78 is 1.16. The van der Waals surface area contributed by atoms with E-state index in [4.69, 9.17) is 4.98 Å². The van der Waals surface area contributed by atoms with Crippen molar-refractivity contribution in [3.63, 3.8) is 0 Å². The van der Waals surface area contributed by atoms with Gasteiger partial charge in [0.2, 0.25) is 5.91 Å². The zero-order valence-electron chi connectivity index (χ0n) is 17.1. The minimum absolute atomic E-state index is 0.0333. The molecule has 1 atom stereocenters. The molecule has 31 heavy (non-hydrogen) atoms. The number of nitrogens with zero attached hydrogens (tertiary/aromatic N) is 4. The second kappa shape index (κ2) is 8.26. The second-order valence-corrected chi connectivity index (χ2v) is 9.28. The first-order valence-corrected chi connectivity index (χ1v) is 11.6. The van der Waals surface area contributed by atoms with Crippen molar-refractivity contribution in [3.05, 3.63) is 63.7 Å². The van der Waals surface area contributed by atoms with Gasteiger partial charge in [0.15, 0.2) is 0 Å². The molecule has 0 aliphatic carbocycles. The van der Waals surface area contributed by atoms with Gasteiger partial charge in [-0.05, 0) is 43.9 Å². The average Bonchev–Trinajstić information content (AvgIpc) is 3.45. The molecule has 1 aromatic heterocycles. The number of aromatic nitrogens is 1. The standard InChI is InChI=1S/C23H24N4O3S/c28-23(16-11-14-25(15-12-16)18-7-2-3-8-19(18)27(29)30)26-13-5-9-20(26)22-24-17-6-1-4-10-21(17)31-22/h1-4,6-8,10,16,20H,5,9,11-15H2. The number of rotatable bonds is 4. The van der Waals surface area contributed by atoms with Gasteiger partial charge >= 0.3 is 0 Å². The van der Waals surface area contributed by atoms with E-state index in [1.165, 1.54) is 0 Å². The molecule has 2 aliphatic heterocycles. The fourth-order valence-electron chi connectivity index (χ4n) is 4.81. The molecule has 0 spiro atoms. The number of piperidine rings is 1. The summed E-state index contributed by atoms with van der Waals surface area (Å²) in [6.45, 7) is 2.09. The third-order valence-corrected chi connectivity index (χ3v) is 7.53. The van der Waals surface area contributed by atoms with E-state index in [9.17, 15) is 14.9 Å². The Morgan fingerprint density at radius 3 is 2.55 bits per heavy atom. The fraction of sp³-hybridized carbons (Fsp3) is 0.391. The molecule has 0 saturated carbocycles. The van der Waals surface area contributed by atoms with Gasteiger partial charge in [0.25, 0.3) is 5.69 Å². The highest BCUT2D eigenvalue weighted by Gasteiger charge is 2.37. The summed E-state index contributed by atoms with van der Waals surface area (Å²) in [5, 5.41) is 12.4. The highest BCUT2D eigenvalue weighted by Crippen LogP contribution is 2.39. The van der Waals surface area contributed by atoms with Gasteiger partial charge in [0.1, 0.15) is 10.7 Å². The fourth-order valence-corrected chi connectivity index (χ4v) is 5.92. The lowest BCUT2D eigenvalue weighted by molar-refractivity contribution is -0.384. The molecule has 5 rings (SSSR count). The Hall–Kier alpha value is -3.00. The molecule has 160 valence electrons. The summed E-state index contributed by atoms with van der Waals surface area (Å²) in [7, 11) is 0. The van der Waals surface area contributed by atoms with E-state index in [1.54, 1.807) is 29.5 Å². The van der Waals surface area contributed by atoms with Crippen molar-refractivity contribution in [2.45, 2.75) is 31.7 Å². The zero-order valence-corrected chi connectivity index (χ0v) is 18.0. The lowest BCUT2D eigenvalue weighted by Gasteiger charge is -2.35. The second-order valence-electron chi connectivity index (χ2n) is 8.22. The van der Waals surface area contributed by atoms with Gasteiger partial charge in [-0.1, -0.05) is 24.3 Å². The Morgan fingerprint density at radius 1 is 1.03 bits per heavy atom. The number of benzene rings is 2. The number of fused-ring (bicyclic) bond motifs is 1. The first-order valence-electron chi connectivity index (χ1n) is 10.8. The number of thiazole rings is 1. The molecule has 0 radical (unpaired) electrons. The molecule has 2 aliphatic rings. The monoisotopic (exact) mass is 436 g/mol. The van der Waals surface area contributed by atoms with Crippen LogP contribution in [0.25, 0.3) is 10.2 Å². The topological polar surface area (TPSA) is 79.6 Å². The summed E-state index contributed by atoms with van der Waals surface area (Å²) in [4.78, 5) is 33.3. The van der Waals surface area contributed by atoms with E-state index >= 15 is 0 Å². The minimum Gasteiger partial charge on any atom is -0.366 e. The summed E-state index contributed by atoms with van der Waals surface area (Å²) in [5.74, 6) is 0.179. The number of nitro benzene ring substituents is 1. The van der Waals surface area contributed by atoms with Crippen LogP contribution in [0.15, 0.2) is 48.5 Å². The maximum absolute atomic E-state index is 13.4. The van der Waals surface area contributed by atoms with Crippen LogP contribution in [0, 0.1) is 16.0 Å². The molecule has 0 bridgehead atoms. The predicted octanol–water partition coefficient (Wildman–Crippen LogP) is 4.78. The minimum atomic E-state index is -0.334. The lowest BCUT2D eigenvalue weighted by Crippen LogP contribution is -2.42. The highest BCUT2D eigenvalue weighted by atomic mass is 32.1. The Kier molecular flexibility index (Phi) is 5.31. The van der Waals surface area contributed by atoms with Crippen LogP contribution >= 0.6 is 11.3 Å². The maximum atomic E-state index is 13.4. The molecule has 8 heteroatoms. The SMILES string of the molecule is O=C(C1CCN(c2ccccc2[N+](=O)[O-])CC1)N1CCCC1c1nc2ccccc2s1. The molecule has 3 aromatic rings. The molecular formula is C23H24N4O3S. The Labute approximate surface area is 184 Å². The quantitative estimate of drug-likeness (QED) is 0.434. The predicted molar refractivity (Wildman–Crippen MR) is 121 cm³/mol. The number of para-hydroxylation sites is 3. The molecule has 3 heterocycles. The largest absolute Gasteiger partial charge is 0.366 e. The van der Waals surface area contributed by atoms with Crippen LogP contribution in [0.1, 0.15) is 36.7 Å². The van der Waals surface area contributed by atoms with E-state index in [0.29, 0.717) is 31.6 Å². The Bertz CT molecular complexity index is 1090. The van der Waals surface area contributed by atoms with E-state index in [1.807, 2.05) is 34.1 Å². The zero-order chi connectivity index (χ0) is 21.4. The van der Waals surface area contributed by atoms with Crippen LogP contribution in [0.5, 0.6) is 0 Å². The summed E-state index contributed by atoms with van der Waals surface area (Å²) in [6.07, 6.45) is 3.39. The Balaban J connectivity index is 1.28. The molecule has 7 nitrogen and oxygen atoms in total. The van der Waals surface area contributed by atoms with Crippen molar-refractivity contribution in [1.29, 1.82) is 0 Å². The number of carbonyl (C=O) groups is 1. The molecule has 2 aromatic carbocycles. The van der Waals surface area contributed by atoms with Crippen LogP contribution in [0.2, 0.25) is 0 Å². The van der Waals surface area contributed by atoms with Crippen molar-refractivity contribution in [3.8, 4) is 0 Å². The van der Waals surface area contributed by atoms with Gasteiger partial charge < -0.3 is 9.80 Å². The maximum Gasteiger partial charge on any atom is 0.292 e. The van der Waals surface area contributed by atoms with Crippen LogP contribution < -0.4 is 4.90 Å². The van der Waals surface area contributed by atoms with E-state index in [0.717, 1.165) is 34.6 Å². The van der Waals surface area contributed by atoms with Gasteiger partial charge in [-0.3, -0.25) is 14.9 Å². The normalized spacial score (nSPS) is 19.8. The molecule has 1 unspecified atom stereocenters. The summed E-state index contributed by atoms with van der Waals surface area (Å²) in [6, 6.07) is 15.0. The first kappa shape index (κ1) is 19.9. The number of anilines is 1. The van der Waals surface area contributed by atoms with E-state index in [-0.39, 0.29) is 28.5 Å². The van der Waals surface area contributed by atoms with E-state index in [2.05, 4.69) is 6.07 Å². The van der Waals surface area contributed by atoms with Gasteiger partial charge in [-0.25, -0.2) is 4.98 Å². The highest BCUT2D eigenvalue weighted by molar-refractivity contribution is 7.18. The van der Waals surface area contributed by atoms with Crippen molar-refractivity contribution >= 4 is 38.8 Å². The number of carbonyl (C=O) groups excluding carboxylic acids is 1. The van der Waals surface area contributed by atoms with Crippen molar-refractivity contribution in [2.24, 2.45) is 5.92 Å². The van der Waals surface area contributed by atoms with Crippen molar-refractivity contribution in [1.82, 2.24) is 9.88 Å². The van der Waals surface area contributed by atoms with Crippen LogP contribution in [0.4, 0.5) is 11.4 Å². The van der Waals surface area contributed by atoms with Crippen LogP contribution in [0.3, 0.4) is 0 Å². The average molecular weight is 437 g/mol. The van der Waals surface area contributed by atoms with Gasteiger partial charge in [-0.15, -0.1) is 11.3 Å². The number of nitro groups is 1. The number of hydrogen-bond acceptors (Lipinski definition) is 6. The van der Waals surface area contributed by atoms with Gasteiger partial charge in [0, 0.05) is 31.6 Å². The van der Waals surface area contributed by atoms with Crippen LogP contribution in [-0.4, -0.2) is 40.3 Å². The molecule has 0 N–H and O–H groups in total. The molecule has 1 amide bonds. The number of amides is 1. The molecular weight excluding hydrogens is 412 g/mol. The number of likely N-dealkylation sites (tertiary alicyclic amines) is 1. The summed E-state index contributed by atoms with van der Waals surface area (Å²) >= 11 is 1.69. The van der Waals surface area contributed by atoms with Gasteiger partial charge in [0.05, 0.1) is 21.2 Å². The lowest BCUT2D eigenvalue weighted by atomic mass is 9.94. The van der Waals surface area contributed by atoms with Crippen molar-refractivity contribution < 1.29 is 9.72 Å². The summed E-state index contributed by atoms with van der Waals surface area (Å²) in [5.41, 5.74) is 1.77. The van der Waals surface area contributed by atoms with Gasteiger partial charge in [-0.2, -0.15) is 0 Å². The molecule has 2 fully saturated rings. The van der Waals surface area contributed by atoms with E-state index < -0.39 is 0 Å². The Morgan fingerprint density at radius 2 is 1.77 bits per heavy atom. The third-order valence-electron chi connectivity index (χ3n) is 6.39. The van der Waals surface area contributed by atoms with Crippen molar-refractivity contribution in [2.75, 3.05) is 24.5 Å². The third kappa shape index (κ3) is 3.76. The van der Waals surface area contributed by atoms with Crippen LogP contribution in [-0.2, 0) is 4.79 Å². The first-order chi connectivity index (χ1) is 15.1. The number of hydrogen-bond donors (Lipinski definition) is 0. The molecule has 2 saturated heterocycles. The smallest absolute Gasteiger partial charge is 0.292 e.